The molecule has 7 heteroatoms. The Morgan fingerprint density at radius 3 is 2.26 bits per heavy atom. The monoisotopic (exact) mass is 527 g/mol. The van der Waals surface area contributed by atoms with Gasteiger partial charge in [0, 0.05) is 36.9 Å². The number of rotatable bonds is 11. The summed E-state index contributed by atoms with van der Waals surface area (Å²) in [5.41, 5.74) is 5.73. The van der Waals surface area contributed by atoms with Crippen LogP contribution >= 0.6 is 0 Å². The van der Waals surface area contributed by atoms with Gasteiger partial charge < -0.3 is 16.0 Å². The molecule has 3 N–H and O–H groups in total. The number of carbonyl (C=O) groups is 4. The summed E-state index contributed by atoms with van der Waals surface area (Å²) in [6.07, 6.45) is 10.9. The van der Waals surface area contributed by atoms with Crippen molar-refractivity contribution in [2.75, 3.05) is 13.1 Å². The molecule has 3 amide bonds. The maximum Gasteiger partial charge on any atom is 0.246 e. The lowest BCUT2D eigenvalue weighted by molar-refractivity contribution is -0.142. The van der Waals surface area contributed by atoms with Crippen LogP contribution in [-0.2, 0) is 19.2 Å². The first kappa shape index (κ1) is 28.8. The van der Waals surface area contributed by atoms with Crippen LogP contribution in [0.5, 0.6) is 0 Å². The number of piperidine rings is 1. The van der Waals surface area contributed by atoms with Gasteiger partial charge in [0.2, 0.25) is 17.7 Å². The predicted octanol–water partition coefficient (Wildman–Crippen LogP) is 4.39. The minimum atomic E-state index is -0.610. The van der Waals surface area contributed by atoms with E-state index in [1.807, 2.05) is 11.8 Å². The van der Waals surface area contributed by atoms with E-state index in [4.69, 9.17) is 5.73 Å². The fourth-order valence-electron chi connectivity index (χ4n) is 8.09. The molecule has 0 aromatic rings. The minimum Gasteiger partial charge on any atom is -0.366 e. The molecule has 1 heterocycles. The summed E-state index contributed by atoms with van der Waals surface area (Å²) in [6.45, 7) is 11.8. The van der Waals surface area contributed by atoms with Crippen molar-refractivity contribution in [2.24, 2.45) is 46.7 Å². The summed E-state index contributed by atoms with van der Waals surface area (Å²) in [4.78, 5) is 55.4. The van der Waals surface area contributed by atoms with Gasteiger partial charge >= 0.3 is 0 Å². The third-order valence-corrected chi connectivity index (χ3v) is 10.5. The first-order chi connectivity index (χ1) is 18.1. The van der Waals surface area contributed by atoms with Crippen LogP contribution in [0.25, 0.3) is 0 Å². The lowest BCUT2D eigenvalue weighted by Gasteiger charge is -2.35. The van der Waals surface area contributed by atoms with Crippen LogP contribution < -0.4 is 11.1 Å². The van der Waals surface area contributed by atoms with Gasteiger partial charge in [0.15, 0.2) is 0 Å². The van der Waals surface area contributed by atoms with Gasteiger partial charge in [0.05, 0.1) is 12.0 Å². The fourth-order valence-corrected chi connectivity index (χ4v) is 8.09. The zero-order chi connectivity index (χ0) is 27.6. The van der Waals surface area contributed by atoms with E-state index < -0.39 is 17.9 Å². The summed E-state index contributed by atoms with van der Waals surface area (Å²) in [5.74, 6) is -0.940. The number of Topliss-reactive ketones (excluding diaryl/α,β-unsaturated/α-hetero) is 1. The molecule has 3 saturated carbocycles. The average molecular weight is 528 g/mol. The summed E-state index contributed by atoms with van der Waals surface area (Å²) in [6, 6.07) is -0.517. The molecule has 212 valence electrons. The second-order valence-corrected chi connectivity index (χ2v) is 13.1. The normalized spacial score (nSPS) is 30.1. The number of nitrogens with zero attached hydrogens (tertiary/aromatic N) is 1. The number of hydrogen-bond acceptors (Lipinski definition) is 4. The van der Waals surface area contributed by atoms with Gasteiger partial charge in [-0.25, -0.2) is 0 Å². The Morgan fingerprint density at radius 1 is 1.03 bits per heavy atom. The Bertz CT molecular complexity index is 931. The molecule has 4 fully saturated rings. The number of amides is 3. The molecule has 0 bridgehead atoms. The molecule has 6 atom stereocenters. The zero-order valence-corrected chi connectivity index (χ0v) is 23.8. The van der Waals surface area contributed by atoms with Crippen molar-refractivity contribution in [1.82, 2.24) is 10.2 Å². The largest absolute Gasteiger partial charge is 0.366 e. The SMILES string of the molecule is C=C(C(N)=O)C(CCC)NC(=O)C1C(C(=O)C(CC(=O)N2CCCCC2)C2CCCCC2)CC2C1C2(C)C. The van der Waals surface area contributed by atoms with E-state index in [0.717, 1.165) is 64.5 Å². The van der Waals surface area contributed by atoms with E-state index in [1.54, 1.807) is 0 Å². The van der Waals surface area contributed by atoms with Gasteiger partial charge in [0.1, 0.15) is 5.78 Å². The highest BCUT2D eigenvalue weighted by molar-refractivity contribution is 5.96. The highest BCUT2D eigenvalue weighted by atomic mass is 16.2. The third-order valence-electron chi connectivity index (χ3n) is 10.5. The number of ketones is 1. The summed E-state index contributed by atoms with van der Waals surface area (Å²) >= 11 is 0. The van der Waals surface area contributed by atoms with Crippen molar-refractivity contribution < 1.29 is 19.2 Å². The van der Waals surface area contributed by atoms with Crippen molar-refractivity contribution >= 4 is 23.5 Å². The molecule has 6 unspecified atom stereocenters. The maximum atomic E-state index is 14.4. The Morgan fingerprint density at radius 2 is 1.66 bits per heavy atom. The molecule has 0 aromatic carbocycles. The number of fused-ring (bicyclic) bond motifs is 1. The zero-order valence-electron chi connectivity index (χ0n) is 23.8. The Hall–Kier alpha value is -2.18. The maximum absolute atomic E-state index is 14.4. The van der Waals surface area contributed by atoms with Crippen molar-refractivity contribution in [1.29, 1.82) is 0 Å². The fraction of sp³-hybridized carbons (Fsp3) is 0.806. The van der Waals surface area contributed by atoms with Crippen LogP contribution in [0.2, 0.25) is 0 Å². The molecule has 3 aliphatic carbocycles. The molecule has 38 heavy (non-hydrogen) atoms. The minimum absolute atomic E-state index is 0.0176. The van der Waals surface area contributed by atoms with Crippen molar-refractivity contribution in [3.8, 4) is 0 Å². The number of nitrogens with one attached hydrogen (secondary N) is 1. The molecular weight excluding hydrogens is 478 g/mol. The standard InChI is InChI=1S/C31H49N3O4/c1-5-12-24(19(2)29(32)37)33-30(38)26-22(17-23-27(26)31(23,3)4)28(36)21(20-13-8-6-9-14-20)18-25(35)34-15-10-7-11-16-34/h20-24,26-27H,2,5-18H2,1,3-4H3,(H2,32,37)(H,33,38). The molecule has 0 radical (unpaired) electrons. The Kier molecular flexibility index (Phi) is 9.03. The van der Waals surface area contributed by atoms with Gasteiger partial charge in [-0.05, 0) is 68.1 Å². The lowest BCUT2D eigenvalue weighted by Crippen LogP contribution is -2.47. The predicted molar refractivity (Wildman–Crippen MR) is 148 cm³/mol. The van der Waals surface area contributed by atoms with Crippen molar-refractivity contribution in [2.45, 2.75) is 104 Å². The lowest BCUT2D eigenvalue weighted by atomic mass is 9.70. The van der Waals surface area contributed by atoms with E-state index in [-0.39, 0.29) is 58.7 Å². The van der Waals surface area contributed by atoms with E-state index >= 15 is 0 Å². The van der Waals surface area contributed by atoms with Crippen LogP contribution in [-0.4, -0.2) is 47.5 Å². The van der Waals surface area contributed by atoms with E-state index in [2.05, 4.69) is 25.7 Å². The van der Waals surface area contributed by atoms with Gasteiger partial charge in [0.25, 0.3) is 0 Å². The molecule has 0 aromatic heterocycles. The molecule has 1 saturated heterocycles. The quantitative estimate of drug-likeness (QED) is 0.388. The second kappa shape index (κ2) is 11.9. The third kappa shape index (κ3) is 5.86. The van der Waals surface area contributed by atoms with Crippen molar-refractivity contribution in [3.05, 3.63) is 12.2 Å². The van der Waals surface area contributed by atoms with Crippen LogP contribution in [0.3, 0.4) is 0 Å². The number of primary amides is 1. The smallest absolute Gasteiger partial charge is 0.246 e. The van der Waals surface area contributed by atoms with Crippen molar-refractivity contribution in [3.63, 3.8) is 0 Å². The van der Waals surface area contributed by atoms with Gasteiger partial charge in [-0.3, -0.25) is 19.2 Å². The van der Waals surface area contributed by atoms with E-state index in [0.29, 0.717) is 18.8 Å². The van der Waals surface area contributed by atoms with Gasteiger partial charge in [-0.2, -0.15) is 0 Å². The number of carbonyl (C=O) groups excluding carboxylic acids is 4. The Balaban J connectivity index is 1.55. The topological polar surface area (TPSA) is 110 Å². The molecule has 0 spiro atoms. The molecule has 4 rings (SSSR count). The summed E-state index contributed by atoms with van der Waals surface area (Å²) in [7, 11) is 0. The molecular formula is C31H49N3O4. The van der Waals surface area contributed by atoms with Crippen LogP contribution in [0.4, 0.5) is 0 Å². The van der Waals surface area contributed by atoms with Crippen LogP contribution in [0.1, 0.15) is 97.8 Å². The van der Waals surface area contributed by atoms with Gasteiger partial charge in [-0.15, -0.1) is 0 Å². The van der Waals surface area contributed by atoms with E-state index in [9.17, 15) is 19.2 Å². The summed E-state index contributed by atoms with van der Waals surface area (Å²) < 4.78 is 0. The summed E-state index contributed by atoms with van der Waals surface area (Å²) in [5, 5.41) is 3.06. The molecule has 7 nitrogen and oxygen atoms in total. The second-order valence-electron chi connectivity index (χ2n) is 13.1. The number of hydrogen-bond donors (Lipinski definition) is 2. The first-order valence-corrected chi connectivity index (χ1v) is 15.2. The van der Waals surface area contributed by atoms with E-state index in [1.165, 1.54) is 6.42 Å². The molecule has 1 aliphatic heterocycles. The first-order valence-electron chi connectivity index (χ1n) is 15.2. The highest BCUT2D eigenvalue weighted by Gasteiger charge is 2.70. The number of likely N-dealkylation sites (tertiary alicyclic amines) is 1. The molecule has 4 aliphatic rings. The highest BCUT2D eigenvalue weighted by Crippen LogP contribution is 2.71. The van der Waals surface area contributed by atoms with Crippen LogP contribution in [0, 0.1) is 40.9 Å². The van der Waals surface area contributed by atoms with Gasteiger partial charge in [-0.1, -0.05) is 53.0 Å². The number of nitrogens with two attached hydrogens (primary N) is 1. The average Bonchev–Trinajstić information content (AvgIpc) is 3.24. The Labute approximate surface area is 228 Å². The van der Waals surface area contributed by atoms with Crippen LogP contribution in [0.15, 0.2) is 12.2 Å².